The fraction of sp³-hybridized carbons (Fsp3) is 0.929. The topological polar surface area (TPSA) is 36.3 Å². The highest BCUT2D eigenvalue weighted by Gasteiger charge is 2.39. The second kappa shape index (κ2) is 5.85. The van der Waals surface area contributed by atoms with Gasteiger partial charge in [-0.1, -0.05) is 25.7 Å². The van der Waals surface area contributed by atoms with Gasteiger partial charge in [0, 0.05) is 19.7 Å². The van der Waals surface area contributed by atoms with Crippen LogP contribution in [0.2, 0.25) is 0 Å². The van der Waals surface area contributed by atoms with Gasteiger partial charge in [-0.15, -0.1) is 0 Å². The van der Waals surface area contributed by atoms with Gasteiger partial charge in [0.15, 0.2) is 0 Å². The Labute approximate surface area is 105 Å². The Bertz CT molecular complexity index is 251. The van der Waals surface area contributed by atoms with Gasteiger partial charge < -0.3 is 9.64 Å². The molecule has 3 nitrogen and oxygen atoms in total. The number of nitrogens with zero attached hydrogens (tertiary/aromatic N) is 1. The first-order valence-electron chi connectivity index (χ1n) is 7.26. The Morgan fingerprint density at radius 1 is 1.06 bits per heavy atom. The van der Waals surface area contributed by atoms with Crippen LogP contribution in [0, 0.1) is 5.41 Å². The largest absolute Gasteiger partial charge is 0.367 e. The van der Waals surface area contributed by atoms with E-state index in [0.29, 0.717) is 0 Å². The van der Waals surface area contributed by atoms with Crippen LogP contribution in [0.1, 0.15) is 58.3 Å². The predicted molar refractivity (Wildman–Crippen MR) is 70.6 cm³/mol. The van der Waals surface area contributed by atoms with Crippen molar-refractivity contribution in [3.63, 3.8) is 0 Å². The summed E-state index contributed by atoms with van der Waals surface area (Å²) in [5.74, 6) is 0.777. The van der Waals surface area contributed by atoms with E-state index < -0.39 is 0 Å². The predicted octanol–water partition coefficient (Wildman–Crippen LogP) is 3.19. The Hall–Kier alpha value is -0.570. The minimum atomic E-state index is -0.254. The molecule has 0 spiro atoms. The molecule has 2 aliphatic rings. The lowest BCUT2D eigenvalue weighted by molar-refractivity contribution is -0.00456. The maximum absolute atomic E-state index is 8.53. The van der Waals surface area contributed by atoms with Gasteiger partial charge >= 0.3 is 0 Å². The molecule has 0 amide bonds. The summed E-state index contributed by atoms with van der Waals surface area (Å²) in [7, 11) is 0. The zero-order chi connectivity index (χ0) is 12.1. The normalized spacial score (nSPS) is 24.6. The summed E-state index contributed by atoms with van der Waals surface area (Å²) in [6.07, 6.45) is 9.64. The fourth-order valence-electron chi connectivity index (χ4n) is 3.25. The summed E-state index contributed by atoms with van der Waals surface area (Å²) in [5, 5.41) is 8.53. The molecule has 0 aromatic heterocycles. The van der Waals surface area contributed by atoms with Crippen LogP contribution in [0.25, 0.3) is 0 Å². The van der Waals surface area contributed by atoms with Crippen molar-refractivity contribution >= 4 is 5.84 Å². The second-order valence-corrected chi connectivity index (χ2v) is 5.38. The maximum Gasteiger partial charge on any atom is 0.129 e. The molecule has 1 saturated heterocycles. The summed E-state index contributed by atoms with van der Waals surface area (Å²) >= 11 is 0. The molecule has 0 unspecified atom stereocenters. The van der Waals surface area contributed by atoms with Crippen molar-refractivity contribution in [3.05, 3.63) is 0 Å². The Balaban J connectivity index is 2.10. The van der Waals surface area contributed by atoms with Gasteiger partial charge in [-0.2, -0.15) is 0 Å². The molecule has 0 aromatic carbocycles. The Kier molecular flexibility index (Phi) is 4.43. The van der Waals surface area contributed by atoms with Gasteiger partial charge in [-0.05, 0) is 32.6 Å². The standard InChI is InChI=1S/C14H26N2O/c1-2-17-14(9-5-3-4-6-10-14)13(15)16-11-7-8-12-16/h15H,2-12H2,1H3. The van der Waals surface area contributed by atoms with Crippen molar-refractivity contribution in [1.82, 2.24) is 4.90 Å². The van der Waals surface area contributed by atoms with Crippen LogP contribution in [0.3, 0.4) is 0 Å². The van der Waals surface area contributed by atoms with E-state index in [1.54, 1.807) is 0 Å². The average molecular weight is 238 g/mol. The Morgan fingerprint density at radius 2 is 1.65 bits per heavy atom. The molecule has 0 aromatic rings. The summed E-state index contributed by atoms with van der Waals surface area (Å²) in [6, 6.07) is 0. The molecule has 0 radical (unpaired) electrons. The van der Waals surface area contributed by atoms with Crippen molar-refractivity contribution in [2.75, 3.05) is 19.7 Å². The van der Waals surface area contributed by atoms with Crippen molar-refractivity contribution in [3.8, 4) is 0 Å². The first-order valence-corrected chi connectivity index (χ1v) is 7.26. The van der Waals surface area contributed by atoms with E-state index in [9.17, 15) is 0 Å². The maximum atomic E-state index is 8.53. The lowest BCUT2D eigenvalue weighted by atomic mass is 9.91. The molecule has 2 rings (SSSR count). The van der Waals surface area contributed by atoms with Crippen molar-refractivity contribution < 1.29 is 4.74 Å². The lowest BCUT2D eigenvalue weighted by Gasteiger charge is -2.37. The van der Waals surface area contributed by atoms with Gasteiger partial charge in [-0.3, -0.25) is 5.41 Å². The first-order chi connectivity index (χ1) is 8.28. The van der Waals surface area contributed by atoms with Gasteiger partial charge in [0.2, 0.25) is 0 Å². The summed E-state index contributed by atoms with van der Waals surface area (Å²) in [4.78, 5) is 2.25. The monoisotopic (exact) mass is 238 g/mol. The molecule has 98 valence electrons. The van der Waals surface area contributed by atoms with Crippen LogP contribution in [-0.2, 0) is 4.74 Å². The molecule has 1 saturated carbocycles. The molecule has 0 bridgehead atoms. The highest BCUT2D eigenvalue weighted by molar-refractivity contribution is 5.88. The van der Waals surface area contributed by atoms with E-state index >= 15 is 0 Å². The number of nitrogens with one attached hydrogen (secondary N) is 1. The average Bonchev–Trinajstić information content (AvgIpc) is 2.76. The highest BCUT2D eigenvalue weighted by atomic mass is 16.5. The summed E-state index contributed by atoms with van der Waals surface area (Å²) in [5.41, 5.74) is -0.254. The van der Waals surface area contributed by atoms with E-state index in [2.05, 4.69) is 11.8 Å². The highest BCUT2D eigenvalue weighted by Crippen LogP contribution is 2.33. The molecule has 1 N–H and O–H groups in total. The number of hydrogen-bond acceptors (Lipinski definition) is 2. The van der Waals surface area contributed by atoms with Crippen LogP contribution in [0.15, 0.2) is 0 Å². The van der Waals surface area contributed by atoms with Crippen LogP contribution < -0.4 is 0 Å². The summed E-state index contributed by atoms with van der Waals surface area (Å²) in [6.45, 7) is 4.92. The molecule has 1 aliphatic carbocycles. The van der Waals surface area contributed by atoms with E-state index in [0.717, 1.165) is 38.4 Å². The number of ether oxygens (including phenoxy) is 1. The van der Waals surface area contributed by atoms with E-state index in [-0.39, 0.29) is 5.60 Å². The first kappa shape index (κ1) is 12.9. The van der Waals surface area contributed by atoms with E-state index in [4.69, 9.17) is 10.1 Å². The zero-order valence-corrected chi connectivity index (χ0v) is 11.1. The molecule has 17 heavy (non-hydrogen) atoms. The molecule has 2 fully saturated rings. The molecule has 1 aliphatic heterocycles. The minimum absolute atomic E-state index is 0.254. The van der Waals surface area contributed by atoms with Crippen LogP contribution >= 0.6 is 0 Å². The van der Waals surface area contributed by atoms with Gasteiger partial charge in [0.05, 0.1) is 0 Å². The third-order valence-corrected chi connectivity index (χ3v) is 4.19. The smallest absolute Gasteiger partial charge is 0.129 e. The lowest BCUT2D eigenvalue weighted by Crippen LogP contribution is -2.49. The van der Waals surface area contributed by atoms with E-state index in [1.165, 1.54) is 38.5 Å². The number of amidine groups is 1. The van der Waals surface area contributed by atoms with Gasteiger partial charge in [-0.25, -0.2) is 0 Å². The van der Waals surface area contributed by atoms with Crippen molar-refractivity contribution in [1.29, 1.82) is 5.41 Å². The molecule has 0 atom stereocenters. The zero-order valence-electron chi connectivity index (χ0n) is 11.1. The van der Waals surface area contributed by atoms with Crippen molar-refractivity contribution in [2.24, 2.45) is 0 Å². The van der Waals surface area contributed by atoms with Crippen LogP contribution in [0.4, 0.5) is 0 Å². The van der Waals surface area contributed by atoms with Gasteiger partial charge in [0.1, 0.15) is 11.4 Å². The minimum Gasteiger partial charge on any atom is -0.367 e. The van der Waals surface area contributed by atoms with Crippen LogP contribution in [-0.4, -0.2) is 36.0 Å². The number of rotatable bonds is 3. The number of likely N-dealkylation sites (tertiary alicyclic amines) is 1. The molecular weight excluding hydrogens is 212 g/mol. The molecule has 3 heteroatoms. The third-order valence-electron chi connectivity index (χ3n) is 4.19. The van der Waals surface area contributed by atoms with E-state index in [1.807, 2.05) is 0 Å². The van der Waals surface area contributed by atoms with Crippen molar-refractivity contribution in [2.45, 2.75) is 63.9 Å². The quantitative estimate of drug-likeness (QED) is 0.466. The molecule has 1 heterocycles. The number of hydrogen-bond donors (Lipinski definition) is 1. The second-order valence-electron chi connectivity index (χ2n) is 5.38. The summed E-state index contributed by atoms with van der Waals surface area (Å²) < 4.78 is 6.06. The SMILES string of the molecule is CCOC1(C(=N)N2CCCC2)CCCCCC1. The fourth-order valence-corrected chi connectivity index (χ4v) is 3.25. The molecular formula is C14H26N2O. The Morgan fingerprint density at radius 3 is 2.18 bits per heavy atom. The third kappa shape index (κ3) is 2.82. The van der Waals surface area contributed by atoms with Gasteiger partial charge in [0.25, 0.3) is 0 Å². The van der Waals surface area contributed by atoms with Crippen LogP contribution in [0.5, 0.6) is 0 Å².